The molecule has 0 aromatic heterocycles. The number of aliphatic hydroxyl groups is 3. The van der Waals surface area contributed by atoms with Crippen LogP contribution in [0.25, 0.3) is 0 Å². The smallest absolute Gasteiger partial charge is 0.220 e. The third-order valence-electron chi connectivity index (χ3n) is 2.34. The molecule has 0 aliphatic rings. The summed E-state index contributed by atoms with van der Waals surface area (Å²) in [4.78, 5) is 10.6. The number of nitrogens with two attached hydrogens (primary N) is 1. The number of carbonyl (C=O) groups is 1. The molecular weight excluding hydrogens is 229 g/mol. The third-order valence-corrected chi connectivity index (χ3v) is 2.34. The van der Waals surface area contributed by atoms with Crippen molar-refractivity contribution in [2.45, 2.75) is 25.2 Å². The van der Waals surface area contributed by atoms with Gasteiger partial charge in [0.1, 0.15) is 11.9 Å². The standard InChI is InChI=1S/C11H14FNO4/c12-8-3-6(5-14)1-2-7(8)11(17)9(15)4-10(13)16/h1-3,9,11,14-15,17H,4-5H2,(H2,13,16). The van der Waals surface area contributed by atoms with Gasteiger partial charge in [0.25, 0.3) is 0 Å². The van der Waals surface area contributed by atoms with Crippen LogP contribution in [0, 0.1) is 5.82 Å². The summed E-state index contributed by atoms with van der Waals surface area (Å²) >= 11 is 0. The summed E-state index contributed by atoms with van der Waals surface area (Å²) in [6.07, 6.45) is -3.44. The second kappa shape index (κ2) is 5.72. The molecule has 0 bridgehead atoms. The van der Waals surface area contributed by atoms with E-state index in [9.17, 15) is 19.4 Å². The Morgan fingerprint density at radius 3 is 2.53 bits per heavy atom. The molecule has 17 heavy (non-hydrogen) atoms. The molecule has 1 amide bonds. The van der Waals surface area contributed by atoms with Crippen molar-refractivity contribution in [1.82, 2.24) is 0 Å². The highest BCUT2D eigenvalue weighted by Gasteiger charge is 2.23. The fourth-order valence-electron chi connectivity index (χ4n) is 1.43. The molecule has 2 atom stereocenters. The highest BCUT2D eigenvalue weighted by Crippen LogP contribution is 2.22. The number of halogens is 1. The van der Waals surface area contributed by atoms with E-state index in [1.165, 1.54) is 12.1 Å². The van der Waals surface area contributed by atoms with Crippen molar-refractivity contribution < 1.29 is 24.5 Å². The van der Waals surface area contributed by atoms with E-state index < -0.39 is 30.4 Å². The monoisotopic (exact) mass is 243 g/mol. The predicted octanol–water partition coefficient (Wildman–Crippen LogP) is -0.412. The first kappa shape index (κ1) is 13.6. The summed E-state index contributed by atoms with van der Waals surface area (Å²) in [6.45, 7) is -0.322. The first-order valence-corrected chi connectivity index (χ1v) is 4.99. The van der Waals surface area contributed by atoms with Gasteiger partial charge in [-0.2, -0.15) is 0 Å². The summed E-state index contributed by atoms with van der Waals surface area (Å²) in [5.74, 6) is -1.54. The molecule has 0 aliphatic heterocycles. The molecule has 1 rings (SSSR count). The Kier molecular flexibility index (Phi) is 4.56. The molecule has 1 aromatic rings. The number of primary amides is 1. The molecule has 0 heterocycles. The van der Waals surface area contributed by atoms with E-state index in [4.69, 9.17) is 10.8 Å². The van der Waals surface area contributed by atoms with Crippen LogP contribution in [0.5, 0.6) is 0 Å². The summed E-state index contributed by atoms with van der Waals surface area (Å²) in [7, 11) is 0. The molecule has 0 radical (unpaired) electrons. The molecular formula is C11H14FNO4. The molecule has 1 aromatic carbocycles. The van der Waals surface area contributed by atoms with E-state index in [2.05, 4.69) is 0 Å². The lowest BCUT2D eigenvalue weighted by Crippen LogP contribution is -2.26. The van der Waals surface area contributed by atoms with Gasteiger partial charge in [0.2, 0.25) is 5.91 Å². The molecule has 0 saturated heterocycles. The van der Waals surface area contributed by atoms with Crippen LogP contribution in [0.1, 0.15) is 23.7 Å². The zero-order valence-electron chi connectivity index (χ0n) is 9.01. The highest BCUT2D eigenvalue weighted by atomic mass is 19.1. The van der Waals surface area contributed by atoms with Gasteiger partial charge >= 0.3 is 0 Å². The molecule has 2 unspecified atom stereocenters. The van der Waals surface area contributed by atoms with E-state index in [-0.39, 0.29) is 12.2 Å². The van der Waals surface area contributed by atoms with E-state index >= 15 is 0 Å². The molecule has 0 saturated carbocycles. The second-order valence-electron chi connectivity index (χ2n) is 3.70. The number of hydrogen-bond acceptors (Lipinski definition) is 4. The molecule has 0 aliphatic carbocycles. The minimum Gasteiger partial charge on any atom is -0.392 e. The van der Waals surface area contributed by atoms with Crippen LogP contribution in [0.3, 0.4) is 0 Å². The second-order valence-corrected chi connectivity index (χ2v) is 3.70. The van der Waals surface area contributed by atoms with Crippen LogP contribution in [-0.4, -0.2) is 27.3 Å². The fourth-order valence-corrected chi connectivity index (χ4v) is 1.43. The number of benzene rings is 1. The van der Waals surface area contributed by atoms with Crippen molar-refractivity contribution in [3.63, 3.8) is 0 Å². The van der Waals surface area contributed by atoms with Crippen LogP contribution >= 0.6 is 0 Å². The van der Waals surface area contributed by atoms with Gasteiger partial charge in [-0.1, -0.05) is 12.1 Å². The first-order chi connectivity index (χ1) is 7.95. The molecule has 5 N–H and O–H groups in total. The molecule has 6 heteroatoms. The Morgan fingerprint density at radius 2 is 2.06 bits per heavy atom. The van der Waals surface area contributed by atoms with Crippen molar-refractivity contribution in [3.05, 3.63) is 35.1 Å². The third kappa shape index (κ3) is 3.48. The van der Waals surface area contributed by atoms with Crippen LogP contribution in [0.15, 0.2) is 18.2 Å². The lowest BCUT2D eigenvalue weighted by atomic mass is 10.00. The summed E-state index contributed by atoms with van der Waals surface area (Å²) in [6, 6.07) is 3.71. The fraction of sp³-hybridized carbons (Fsp3) is 0.364. The minimum absolute atomic E-state index is 0.143. The molecule has 94 valence electrons. The van der Waals surface area contributed by atoms with Gasteiger partial charge in [0.15, 0.2) is 0 Å². The Labute approximate surface area is 97.3 Å². The van der Waals surface area contributed by atoms with Gasteiger partial charge in [-0.3, -0.25) is 4.79 Å². The van der Waals surface area contributed by atoms with Gasteiger partial charge in [-0.05, 0) is 11.6 Å². The normalized spacial score (nSPS) is 14.4. The van der Waals surface area contributed by atoms with Crippen molar-refractivity contribution in [2.75, 3.05) is 0 Å². The summed E-state index contributed by atoms with van der Waals surface area (Å²) < 4.78 is 13.5. The van der Waals surface area contributed by atoms with Crippen LogP contribution in [0.4, 0.5) is 4.39 Å². The van der Waals surface area contributed by atoms with Crippen LogP contribution < -0.4 is 5.73 Å². The van der Waals surface area contributed by atoms with Crippen LogP contribution in [0.2, 0.25) is 0 Å². The molecule has 0 fully saturated rings. The average Bonchev–Trinajstić information content (AvgIpc) is 2.27. The minimum atomic E-state index is -1.53. The number of rotatable bonds is 5. The van der Waals surface area contributed by atoms with Gasteiger partial charge in [-0.15, -0.1) is 0 Å². The van der Waals surface area contributed by atoms with E-state index in [0.717, 1.165) is 6.07 Å². The Balaban J connectivity index is 2.88. The maximum absolute atomic E-state index is 13.5. The van der Waals surface area contributed by atoms with Gasteiger partial charge < -0.3 is 21.1 Å². The lowest BCUT2D eigenvalue weighted by Gasteiger charge is -2.17. The van der Waals surface area contributed by atoms with E-state index in [1.807, 2.05) is 0 Å². The molecule has 5 nitrogen and oxygen atoms in total. The van der Waals surface area contributed by atoms with Crippen molar-refractivity contribution in [1.29, 1.82) is 0 Å². The van der Waals surface area contributed by atoms with Crippen molar-refractivity contribution in [3.8, 4) is 0 Å². The summed E-state index contributed by atoms with van der Waals surface area (Å²) in [5, 5.41) is 27.8. The Bertz CT molecular complexity index is 410. The van der Waals surface area contributed by atoms with Gasteiger partial charge in [0.05, 0.1) is 19.1 Å². The SMILES string of the molecule is NC(=O)CC(O)C(O)c1ccc(CO)cc1F. The molecule has 0 spiro atoms. The first-order valence-electron chi connectivity index (χ1n) is 4.99. The van der Waals surface area contributed by atoms with E-state index in [1.54, 1.807) is 0 Å². The highest BCUT2D eigenvalue weighted by molar-refractivity contribution is 5.74. The largest absolute Gasteiger partial charge is 0.392 e. The predicted molar refractivity (Wildman–Crippen MR) is 57.1 cm³/mol. The van der Waals surface area contributed by atoms with E-state index in [0.29, 0.717) is 5.56 Å². The number of carbonyl (C=O) groups excluding carboxylic acids is 1. The maximum Gasteiger partial charge on any atom is 0.220 e. The number of aliphatic hydroxyl groups excluding tert-OH is 3. The quantitative estimate of drug-likeness (QED) is 0.564. The topological polar surface area (TPSA) is 104 Å². The zero-order chi connectivity index (χ0) is 13.0. The van der Waals surface area contributed by atoms with Gasteiger partial charge in [-0.25, -0.2) is 4.39 Å². The maximum atomic E-state index is 13.5. The summed E-state index contributed by atoms with van der Waals surface area (Å²) in [5.41, 5.74) is 5.06. The average molecular weight is 243 g/mol. The lowest BCUT2D eigenvalue weighted by molar-refractivity contribution is -0.121. The number of hydrogen-bond donors (Lipinski definition) is 4. The van der Waals surface area contributed by atoms with Crippen LogP contribution in [-0.2, 0) is 11.4 Å². The van der Waals surface area contributed by atoms with Gasteiger partial charge in [0, 0.05) is 5.56 Å². The van der Waals surface area contributed by atoms with Crippen molar-refractivity contribution >= 4 is 5.91 Å². The number of amides is 1. The Morgan fingerprint density at radius 1 is 1.41 bits per heavy atom. The zero-order valence-corrected chi connectivity index (χ0v) is 9.01. The Hall–Kier alpha value is -1.50. The van der Waals surface area contributed by atoms with Crippen molar-refractivity contribution in [2.24, 2.45) is 5.73 Å².